The molecule has 5 heteroatoms. The average molecular weight is 277 g/mol. The Morgan fingerprint density at radius 3 is 2.40 bits per heavy atom. The normalized spacial score (nSPS) is 26.2. The first kappa shape index (κ1) is 14.7. The van der Waals surface area contributed by atoms with Gasteiger partial charge in [0, 0.05) is 23.5 Å². The van der Waals surface area contributed by atoms with E-state index in [0.29, 0.717) is 22.9 Å². The van der Waals surface area contributed by atoms with Gasteiger partial charge in [-0.25, -0.2) is 0 Å². The Balaban J connectivity index is 1.95. The molecular weight excluding hydrogens is 254 g/mol. The van der Waals surface area contributed by atoms with Gasteiger partial charge in [0.15, 0.2) is 0 Å². The van der Waals surface area contributed by atoms with Gasteiger partial charge in [0.05, 0.1) is 5.60 Å². The molecule has 1 aliphatic carbocycles. The van der Waals surface area contributed by atoms with Gasteiger partial charge in [-0.05, 0) is 49.8 Å². The van der Waals surface area contributed by atoms with Gasteiger partial charge in [0.25, 0.3) is 5.91 Å². The minimum absolute atomic E-state index is 0.254. The molecule has 0 aromatic heterocycles. The first-order valence-electron chi connectivity index (χ1n) is 7.05. The Hall–Kier alpha value is -1.75. The number of hydrogen-bond donors (Lipinski definition) is 4. The molecule has 0 unspecified atom stereocenters. The van der Waals surface area contributed by atoms with E-state index in [0.717, 1.165) is 25.7 Å². The number of hydrogen-bond acceptors (Lipinski definition) is 4. The van der Waals surface area contributed by atoms with Crippen LogP contribution in [-0.2, 0) is 0 Å². The third-order valence-electron chi connectivity index (χ3n) is 4.02. The van der Waals surface area contributed by atoms with E-state index < -0.39 is 5.60 Å². The summed E-state index contributed by atoms with van der Waals surface area (Å²) in [5, 5.41) is 13.2. The van der Waals surface area contributed by atoms with Crippen molar-refractivity contribution >= 4 is 17.3 Å². The van der Waals surface area contributed by atoms with Gasteiger partial charge in [-0.2, -0.15) is 0 Å². The fraction of sp³-hybridized carbons (Fsp3) is 0.533. The number of benzene rings is 1. The van der Waals surface area contributed by atoms with Crippen molar-refractivity contribution in [1.82, 2.24) is 5.32 Å². The van der Waals surface area contributed by atoms with E-state index in [-0.39, 0.29) is 12.5 Å². The summed E-state index contributed by atoms with van der Waals surface area (Å²) in [6.45, 7) is 2.46. The van der Waals surface area contributed by atoms with Crippen LogP contribution in [0.25, 0.3) is 0 Å². The number of rotatable bonds is 3. The van der Waals surface area contributed by atoms with E-state index in [2.05, 4.69) is 12.2 Å². The van der Waals surface area contributed by atoms with Gasteiger partial charge in [-0.15, -0.1) is 0 Å². The van der Waals surface area contributed by atoms with Crippen LogP contribution in [0, 0.1) is 5.92 Å². The first-order chi connectivity index (χ1) is 9.38. The molecule has 0 aliphatic heterocycles. The second-order valence-corrected chi connectivity index (χ2v) is 5.98. The fourth-order valence-corrected chi connectivity index (χ4v) is 2.63. The van der Waals surface area contributed by atoms with Crippen LogP contribution < -0.4 is 16.8 Å². The van der Waals surface area contributed by atoms with E-state index in [9.17, 15) is 9.90 Å². The van der Waals surface area contributed by atoms with Gasteiger partial charge >= 0.3 is 0 Å². The number of anilines is 2. The third-order valence-corrected chi connectivity index (χ3v) is 4.02. The Bertz CT molecular complexity index is 474. The number of nitrogen functional groups attached to an aromatic ring is 2. The predicted molar refractivity (Wildman–Crippen MR) is 80.2 cm³/mol. The Morgan fingerprint density at radius 2 is 1.85 bits per heavy atom. The summed E-state index contributed by atoms with van der Waals surface area (Å²) in [7, 11) is 0. The monoisotopic (exact) mass is 277 g/mol. The maximum atomic E-state index is 12.1. The lowest BCUT2D eigenvalue weighted by Crippen LogP contribution is -2.45. The van der Waals surface area contributed by atoms with Gasteiger partial charge in [-0.1, -0.05) is 6.92 Å². The Morgan fingerprint density at radius 1 is 1.30 bits per heavy atom. The van der Waals surface area contributed by atoms with Crippen molar-refractivity contribution in [3.05, 3.63) is 23.8 Å². The van der Waals surface area contributed by atoms with Crippen LogP contribution in [0.1, 0.15) is 43.0 Å². The quantitative estimate of drug-likeness (QED) is 0.629. The van der Waals surface area contributed by atoms with Crippen LogP contribution >= 0.6 is 0 Å². The molecule has 5 nitrogen and oxygen atoms in total. The van der Waals surface area contributed by atoms with Crippen LogP contribution in [0.2, 0.25) is 0 Å². The second kappa shape index (κ2) is 5.71. The molecule has 6 N–H and O–H groups in total. The highest BCUT2D eigenvalue weighted by Gasteiger charge is 2.32. The number of nitrogens with two attached hydrogens (primary N) is 2. The number of nitrogens with one attached hydrogen (secondary N) is 1. The maximum absolute atomic E-state index is 12.1. The Labute approximate surface area is 119 Å². The zero-order valence-corrected chi connectivity index (χ0v) is 11.9. The highest BCUT2D eigenvalue weighted by atomic mass is 16.3. The molecule has 0 spiro atoms. The molecule has 0 saturated heterocycles. The largest absolute Gasteiger partial charge is 0.399 e. The number of aliphatic hydroxyl groups is 1. The molecule has 1 saturated carbocycles. The standard InChI is InChI=1S/C15H23N3O2/c1-10-2-4-15(20,5-3-10)9-18-14(19)11-6-12(16)8-13(17)7-11/h6-8,10,20H,2-5,9,16-17H2,1H3,(H,18,19). The summed E-state index contributed by atoms with van der Waals surface area (Å²) in [5.41, 5.74) is 11.9. The van der Waals surface area contributed by atoms with E-state index in [4.69, 9.17) is 11.5 Å². The van der Waals surface area contributed by atoms with Crippen LogP contribution in [0.15, 0.2) is 18.2 Å². The molecule has 2 rings (SSSR count). The van der Waals surface area contributed by atoms with E-state index >= 15 is 0 Å². The third kappa shape index (κ3) is 3.63. The molecule has 1 aromatic carbocycles. The predicted octanol–water partition coefficient (Wildman–Crippen LogP) is 1.52. The smallest absolute Gasteiger partial charge is 0.251 e. The average Bonchev–Trinajstić information content (AvgIpc) is 2.39. The molecule has 1 fully saturated rings. The Kier molecular flexibility index (Phi) is 4.18. The van der Waals surface area contributed by atoms with E-state index in [1.807, 2.05) is 0 Å². The minimum atomic E-state index is -0.784. The summed E-state index contributed by atoms with van der Waals surface area (Å²) < 4.78 is 0. The molecule has 0 heterocycles. The van der Waals surface area contributed by atoms with Gasteiger partial charge < -0.3 is 21.9 Å². The fourth-order valence-electron chi connectivity index (χ4n) is 2.63. The molecular formula is C15H23N3O2. The minimum Gasteiger partial charge on any atom is -0.399 e. The lowest BCUT2D eigenvalue weighted by molar-refractivity contribution is -0.00539. The van der Waals surface area contributed by atoms with Crippen molar-refractivity contribution in [3.8, 4) is 0 Å². The summed E-state index contributed by atoms with van der Waals surface area (Å²) in [5.74, 6) is 0.399. The molecule has 1 aromatic rings. The summed E-state index contributed by atoms with van der Waals surface area (Å²) in [6, 6.07) is 4.77. The number of amides is 1. The molecule has 1 amide bonds. The van der Waals surface area contributed by atoms with Crippen molar-refractivity contribution in [2.45, 2.75) is 38.2 Å². The van der Waals surface area contributed by atoms with E-state index in [1.54, 1.807) is 18.2 Å². The molecule has 0 atom stereocenters. The van der Waals surface area contributed by atoms with Gasteiger partial charge in [0.2, 0.25) is 0 Å². The highest BCUT2D eigenvalue weighted by molar-refractivity contribution is 5.96. The van der Waals surface area contributed by atoms with Crippen LogP contribution in [-0.4, -0.2) is 23.2 Å². The second-order valence-electron chi connectivity index (χ2n) is 5.98. The summed E-state index contributed by atoms with van der Waals surface area (Å²) in [6.07, 6.45) is 3.45. The van der Waals surface area contributed by atoms with E-state index in [1.165, 1.54) is 0 Å². The lowest BCUT2D eigenvalue weighted by Gasteiger charge is -2.34. The molecule has 0 bridgehead atoms. The van der Waals surface area contributed by atoms with Crippen molar-refractivity contribution < 1.29 is 9.90 Å². The van der Waals surface area contributed by atoms with Gasteiger partial charge in [-0.3, -0.25) is 4.79 Å². The zero-order valence-electron chi connectivity index (χ0n) is 11.9. The molecule has 0 radical (unpaired) electrons. The highest BCUT2D eigenvalue weighted by Crippen LogP contribution is 2.31. The lowest BCUT2D eigenvalue weighted by atomic mass is 9.79. The van der Waals surface area contributed by atoms with Crippen LogP contribution in [0.5, 0.6) is 0 Å². The number of carbonyl (C=O) groups is 1. The van der Waals surface area contributed by atoms with Crippen LogP contribution in [0.3, 0.4) is 0 Å². The van der Waals surface area contributed by atoms with Crippen LogP contribution in [0.4, 0.5) is 11.4 Å². The molecule has 1 aliphatic rings. The van der Waals surface area contributed by atoms with Crippen molar-refractivity contribution in [1.29, 1.82) is 0 Å². The molecule has 20 heavy (non-hydrogen) atoms. The zero-order chi connectivity index (χ0) is 14.8. The van der Waals surface area contributed by atoms with Crippen molar-refractivity contribution in [2.75, 3.05) is 18.0 Å². The summed E-state index contributed by atoms with van der Waals surface area (Å²) in [4.78, 5) is 12.1. The topological polar surface area (TPSA) is 101 Å². The summed E-state index contributed by atoms with van der Waals surface area (Å²) >= 11 is 0. The van der Waals surface area contributed by atoms with Crippen molar-refractivity contribution in [2.24, 2.45) is 5.92 Å². The maximum Gasteiger partial charge on any atom is 0.251 e. The molecule has 110 valence electrons. The van der Waals surface area contributed by atoms with Crippen molar-refractivity contribution in [3.63, 3.8) is 0 Å². The van der Waals surface area contributed by atoms with Gasteiger partial charge in [0.1, 0.15) is 0 Å². The number of carbonyl (C=O) groups excluding carboxylic acids is 1. The first-order valence-corrected chi connectivity index (χ1v) is 7.05. The SMILES string of the molecule is CC1CCC(O)(CNC(=O)c2cc(N)cc(N)c2)CC1.